The second-order valence-corrected chi connectivity index (χ2v) is 7.75. The fourth-order valence-electron chi connectivity index (χ4n) is 4.92. The molecule has 3 heteroatoms. The van der Waals surface area contributed by atoms with Crippen molar-refractivity contribution in [1.29, 1.82) is 0 Å². The van der Waals surface area contributed by atoms with Crippen molar-refractivity contribution in [1.82, 2.24) is 9.88 Å². The molecule has 1 unspecified atom stereocenters. The number of hydrogen-bond acceptors (Lipinski definition) is 2. The molecule has 2 aliphatic heterocycles. The maximum Gasteiger partial charge on any atom is 0.110 e. The molecule has 1 atom stereocenters. The first-order valence-electron chi connectivity index (χ1n) is 10.3. The van der Waals surface area contributed by atoms with Gasteiger partial charge < -0.3 is 14.6 Å². The highest BCUT2D eigenvalue weighted by molar-refractivity contribution is 5.86. The van der Waals surface area contributed by atoms with Crippen molar-refractivity contribution < 1.29 is 4.74 Å². The van der Waals surface area contributed by atoms with Gasteiger partial charge in [-0.25, -0.2) is 0 Å². The molecule has 0 radical (unpaired) electrons. The number of aryl methyl sites for hydroxylation is 1. The van der Waals surface area contributed by atoms with E-state index >= 15 is 0 Å². The fourth-order valence-corrected chi connectivity index (χ4v) is 4.92. The van der Waals surface area contributed by atoms with Gasteiger partial charge >= 0.3 is 0 Å². The minimum absolute atomic E-state index is 0.0543. The van der Waals surface area contributed by atoms with Crippen molar-refractivity contribution in [2.24, 2.45) is 0 Å². The highest BCUT2D eigenvalue weighted by Crippen LogP contribution is 2.46. The van der Waals surface area contributed by atoms with Crippen molar-refractivity contribution >= 4 is 10.9 Å². The Balaban J connectivity index is 1.51. The summed E-state index contributed by atoms with van der Waals surface area (Å²) < 4.78 is 9.05. The van der Waals surface area contributed by atoms with E-state index < -0.39 is 0 Å². The molecule has 0 bridgehead atoms. The molecule has 4 rings (SSSR count). The molecule has 0 fully saturated rings. The molecule has 1 N–H and O–H groups in total. The van der Waals surface area contributed by atoms with E-state index in [9.17, 15) is 0 Å². The molecule has 2 aliphatic rings. The lowest BCUT2D eigenvalue weighted by Crippen LogP contribution is -2.42. The van der Waals surface area contributed by atoms with Crippen LogP contribution in [0.3, 0.4) is 0 Å². The summed E-state index contributed by atoms with van der Waals surface area (Å²) in [4.78, 5) is 0. The Morgan fingerprint density at radius 3 is 3.00 bits per heavy atom. The topological polar surface area (TPSA) is 26.2 Å². The number of benzene rings is 1. The van der Waals surface area contributed by atoms with Crippen molar-refractivity contribution in [3.63, 3.8) is 0 Å². The van der Waals surface area contributed by atoms with Crippen LogP contribution in [0.5, 0.6) is 0 Å². The van der Waals surface area contributed by atoms with Crippen LogP contribution in [0, 0.1) is 0 Å². The zero-order valence-electron chi connectivity index (χ0n) is 15.7. The van der Waals surface area contributed by atoms with Crippen molar-refractivity contribution in [3.05, 3.63) is 35.5 Å². The van der Waals surface area contributed by atoms with Gasteiger partial charge in [-0.3, -0.25) is 0 Å². The van der Waals surface area contributed by atoms with Gasteiger partial charge in [0.05, 0.1) is 12.3 Å². The van der Waals surface area contributed by atoms with E-state index in [4.69, 9.17) is 4.74 Å². The first-order valence-corrected chi connectivity index (χ1v) is 10.3. The minimum Gasteiger partial charge on any atom is -0.368 e. The van der Waals surface area contributed by atoms with E-state index in [1.807, 2.05) is 0 Å². The van der Waals surface area contributed by atoms with Crippen LogP contribution in [-0.4, -0.2) is 24.3 Å². The number of fused-ring (bicyclic) bond motifs is 3. The molecule has 3 nitrogen and oxygen atoms in total. The second kappa shape index (κ2) is 7.51. The molecule has 1 aromatic carbocycles. The number of ether oxygens (including phenoxy) is 1. The zero-order valence-corrected chi connectivity index (χ0v) is 15.7. The van der Waals surface area contributed by atoms with Crippen LogP contribution >= 0.6 is 0 Å². The van der Waals surface area contributed by atoms with Crippen LogP contribution in [0.2, 0.25) is 0 Å². The Morgan fingerprint density at radius 2 is 2.08 bits per heavy atom. The SMILES string of the molecule is CCCCCCNCCC12CCCn3c1c(c1ccccc13)CCO2. The van der Waals surface area contributed by atoms with Crippen molar-refractivity contribution in [2.45, 2.75) is 70.4 Å². The maximum atomic E-state index is 6.49. The van der Waals surface area contributed by atoms with Gasteiger partial charge in [-0.15, -0.1) is 0 Å². The van der Waals surface area contributed by atoms with E-state index in [1.54, 1.807) is 5.56 Å². The summed E-state index contributed by atoms with van der Waals surface area (Å²) in [6.07, 6.45) is 9.88. The molecule has 0 amide bonds. The average Bonchev–Trinajstić information content (AvgIpc) is 2.98. The highest BCUT2D eigenvalue weighted by Gasteiger charge is 2.43. The van der Waals surface area contributed by atoms with Crippen LogP contribution in [-0.2, 0) is 23.3 Å². The highest BCUT2D eigenvalue weighted by atomic mass is 16.5. The molecule has 136 valence electrons. The summed E-state index contributed by atoms with van der Waals surface area (Å²) in [6.45, 7) is 6.49. The third-order valence-electron chi connectivity index (χ3n) is 6.11. The third-order valence-corrected chi connectivity index (χ3v) is 6.11. The fraction of sp³-hybridized carbons (Fsp3) is 0.636. The summed E-state index contributed by atoms with van der Waals surface area (Å²) in [6, 6.07) is 8.94. The standard InChI is InChI=1S/C22H32N2O/c1-2-3-4-7-14-23-15-13-22-12-8-16-24-20-10-6-5-9-18(20)19(21(22)24)11-17-25-22/h5-6,9-10,23H,2-4,7-8,11-17H2,1H3. The largest absolute Gasteiger partial charge is 0.368 e. The van der Waals surface area contributed by atoms with Gasteiger partial charge in [0, 0.05) is 17.4 Å². The molecule has 25 heavy (non-hydrogen) atoms. The number of unbranched alkanes of at least 4 members (excludes halogenated alkanes) is 3. The summed E-state index contributed by atoms with van der Waals surface area (Å²) in [5.41, 5.74) is 4.42. The zero-order chi connectivity index (χ0) is 17.1. The lowest BCUT2D eigenvalue weighted by Gasteiger charge is -2.42. The van der Waals surface area contributed by atoms with Gasteiger partial charge in [0.1, 0.15) is 5.60 Å². The number of hydrogen-bond donors (Lipinski definition) is 1. The Labute approximate surface area is 151 Å². The van der Waals surface area contributed by atoms with Gasteiger partial charge in [0.2, 0.25) is 0 Å². The van der Waals surface area contributed by atoms with Crippen molar-refractivity contribution in [2.75, 3.05) is 19.7 Å². The molecule has 0 aliphatic carbocycles. The Morgan fingerprint density at radius 1 is 1.16 bits per heavy atom. The van der Waals surface area contributed by atoms with E-state index in [0.29, 0.717) is 0 Å². The van der Waals surface area contributed by atoms with Crippen LogP contribution in [0.1, 0.15) is 63.1 Å². The number of nitrogens with zero attached hydrogens (tertiary/aromatic N) is 1. The lowest BCUT2D eigenvalue weighted by atomic mass is 9.82. The van der Waals surface area contributed by atoms with Crippen LogP contribution in [0.15, 0.2) is 24.3 Å². The van der Waals surface area contributed by atoms with E-state index in [1.165, 1.54) is 55.1 Å². The van der Waals surface area contributed by atoms with Gasteiger partial charge in [-0.2, -0.15) is 0 Å². The monoisotopic (exact) mass is 340 g/mol. The minimum atomic E-state index is -0.0543. The third kappa shape index (κ3) is 3.13. The first-order chi connectivity index (χ1) is 12.4. The second-order valence-electron chi connectivity index (χ2n) is 7.75. The molecule has 2 aromatic rings. The number of nitrogens with one attached hydrogen (secondary N) is 1. The molecule has 1 aromatic heterocycles. The quantitative estimate of drug-likeness (QED) is 0.701. The van der Waals surface area contributed by atoms with Crippen LogP contribution in [0.25, 0.3) is 10.9 Å². The van der Waals surface area contributed by atoms with Crippen LogP contribution in [0.4, 0.5) is 0 Å². The predicted molar refractivity (Wildman–Crippen MR) is 104 cm³/mol. The molecular formula is C22H32N2O. The molecule has 0 saturated carbocycles. The number of aromatic nitrogens is 1. The summed E-state index contributed by atoms with van der Waals surface area (Å²) in [5.74, 6) is 0. The number of para-hydroxylation sites is 1. The Hall–Kier alpha value is -1.32. The maximum absolute atomic E-state index is 6.49. The summed E-state index contributed by atoms with van der Waals surface area (Å²) in [5, 5.41) is 5.13. The smallest absolute Gasteiger partial charge is 0.110 e. The van der Waals surface area contributed by atoms with Crippen LogP contribution < -0.4 is 5.32 Å². The Kier molecular flexibility index (Phi) is 5.14. The van der Waals surface area contributed by atoms with E-state index in [2.05, 4.69) is 41.1 Å². The normalized spacial score (nSPS) is 22.3. The Bertz CT molecular complexity index is 671. The van der Waals surface area contributed by atoms with Gasteiger partial charge in [-0.05, 0) is 56.8 Å². The predicted octanol–water partition coefficient (Wildman–Crippen LogP) is 4.76. The molecule has 0 saturated heterocycles. The molecule has 0 spiro atoms. The van der Waals surface area contributed by atoms with Gasteiger partial charge in [0.25, 0.3) is 0 Å². The van der Waals surface area contributed by atoms with Crippen molar-refractivity contribution in [3.8, 4) is 0 Å². The van der Waals surface area contributed by atoms with Gasteiger partial charge in [-0.1, -0.05) is 44.4 Å². The lowest BCUT2D eigenvalue weighted by molar-refractivity contribution is -0.0860. The van der Waals surface area contributed by atoms with E-state index in [0.717, 1.165) is 39.1 Å². The molecular weight excluding hydrogens is 308 g/mol. The summed E-state index contributed by atoms with van der Waals surface area (Å²) in [7, 11) is 0. The van der Waals surface area contributed by atoms with Gasteiger partial charge in [0.15, 0.2) is 0 Å². The summed E-state index contributed by atoms with van der Waals surface area (Å²) >= 11 is 0. The average molecular weight is 341 g/mol. The number of rotatable bonds is 8. The van der Waals surface area contributed by atoms with E-state index in [-0.39, 0.29) is 5.60 Å². The first kappa shape index (κ1) is 17.1. The molecule has 3 heterocycles.